The maximum atomic E-state index is 12.9. The Bertz CT molecular complexity index is 768. The molecule has 1 N–H and O–H groups in total. The van der Waals surface area contributed by atoms with E-state index in [0.29, 0.717) is 6.54 Å². The number of nitrogens with zero attached hydrogens (tertiary/aromatic N) is 1. The van der Waals surface area contributed by atoms with E-state index in [-0.39, 0.29) is 21.6 Å². The summed E-state index contributed by atoms with van der Waals surface area (Å²) in [5.41, 5.74) is -1.06. The predicted molar refractivity (Wildman–Crippen MR) is 97.0 cm³/mol. The second-order valence-corrected chi connectivity index (χ2v) is 7.92. The molecule has 0 radical (unpaired) electrons. The second-order valence-electron chi connectivity index (χ2n) is 6.92. The molecule has 1 aliphatic carbocycles. The van der Waals surface area contributed by atoms with E-state index in [2.05, 4.69) is 0 Å². The van der Waals surface area contributed by atoms with Gasteiger partial charge < -0.3 is 5.11 Å². The Morgan fingerprint density at radius 3 is 2.44 bits per heavy atom. The molecule has 0 spiro atoms. The molecule has 1 heterocycles. The molecule has 3 rings (SSSR count). The first-order valence-corrected chi connectivity index (χ1v) is 9.73. The molecule has 8 heteroatoms. The highest BCUT2D eigenvalue weighted by molar-refractivity contribution is 8.18. The van der Waals surface area contributed by atoms with Crippen LogP contribution in [-0.2, 0) is 11.0 Å². The van der Waals surface area contributed by atoms with Crippen molar-refractivity contribution in [1.82, 2.24) is 4.90 Å². The minimum absolute atomic E-state index is 0.104. The molecule has 0 aromatic heterocycles. The number of thioether (sulfide) groups is 1. The van der Waals surface area contributed by atoms with Crippen molar-refractivity contribution in [1.29, 1.82) is 0 Å². The minimum Gasteiger partial charge on any atom is -0.507 e. The van der Waals surface area contributed by atoms with Crippen LogP contribution in [0.1, 0.15) is 49.7 Å². The fourth-order valence-corrected chi connectivity index (χ4v) is 4.33. The molecule has 0 unspecified atom stereocenters. The number of aromatic hydroxyl groups is 1. The van der Waals surface area contributed by atoms with E-state index in [1.165, 1.54) is 29.9 Å². The first kappa shape index (κ1) is 19.8. The summed E-state index contributed by atoms with van der Waals surface area (Å²) in [6.45, 7) is 0.366. The highest BCUT2D eigenvalue weighted by Crippen LogP contribution is 2.38. The Morgan fingerprint density at radius 2 is 1.81 bits per heavy atom. The van der Waals surface area contributed by atoms with Crippen molar-refractivity contribution in [3.8, 4) is 5.75 Å². The van der Waals surface area contributed by atoms with E-state index in [1.807, 2.05) is 0 Å². The average Bonchev–Trinajstić information content (AvgIpc) is 2.79. The van der Waals surface area contributed by atoms with Crippen LogP contribution in [0.3, 0.4) is 0 Å². The zero-order chi connectivity index (χ0) is 19.6. The number of hydrogen-bond donors (Lipinski definition) is 1. The van der Waals surface area contributed by atoms with Gasteiger partial charge in [-0.3, -0.25) is 14.5 Å². The van der Waals surface area contributed by atoms with Crippen molar-refractivity contribution in [3.63, 3.8) is 0 Å². The van der Waals surface area contributed by atoms with Gasteiger partial charge in [-0.2, -0.15) is 13.2 Å². The van der Waals surface area contributed by atoms with Crippen LogP contribution in [0.4, 0.5) is 18.0 Å². The summed E-state index contributed by atoms with van der Waals surface area (Å²) < 4.78 is 38.8. The number of alkyl halides is 3. The lowest BCUT2D eigenvalue weighted by molar-refractivity contribution is -0.138. The highest BCUT2D eigenvalue weighted by atomic mass is 32.2. The molecule has 1 aromatic rings. The molecule has 1 aliphatic heterocycles. The molecule has 27 heavy (non-hydrogen) atoms. The number of phenolic OH excluding ortho intramolecular Hbond substituents is 1. The number of rotatable bonds is 3. The van der Waals surface area contributed by atoms with Gasteiger partial charge in [0.2, 0.25) is 0 Å². The summed E-state index contributed by atoms with van der Waals surface area (Å²) in [6.07, 6.45) is 3.04. The Balaban J connectivity index is 1.78. The van der Waals surface area contributed by atoms with Crippen LogP contribution in [0.25, 0.3) is 6.08 Å². The van der Waals surface area contributed by atoms with Gasteiger partial charge in [-0.25, -0.2) is 0 Å². The first-order chi connectivity index (χ1) is 12.8. The summed E-state index contributed by atoms with van der Waals surface area (Å²) in [4.78, 5) is 26.1. The molecule has 1 saturated carbocycles. The molecule has 0 bridgehead atoms. The predicted octanol–water partition coefficient (Wildman–Crippen LogP) is 5.42. The van der Waals surface area contributed by atoms with Crippen LogP contribution in [0, 0.1) is 5.92 Å². The number of phenols is 1. The maximum absolute atomic E-state index is 12.9. The van der Waals surface area contributed by atoms with Crippen molar-refractivity contribution in [3.05, 3.63) is 34.2 Å². The van der Waals surface area contributed by atoms with E-state index >= 15 is 0 Å². The smallest absolute Gasteiger partial charge is 0.419 e. The zero-order valence-electron chi connectivity index (χ0n) is 14.6. The molecule has 146 valence electrons. The number of hydrogen-bond acceptors (Lipinski definition) is 4. The fraction of sp³-hybridized carbons (Fsp3) is 0.474. The largest absolute Gasteiger partial charge is 0.507 e. The van der Waals surface area contributed by atoms with Crippen molar-refractivity contribution in [2.45, 2.75) is 44.7 Å². The molecular weight excluding hydrogens is 379 g/mol. The average molecular weight is 399 g/mol. The van der Waals surface area contributed by atoms with Crippen LogP contribution >= 0.6 is 11.8 Å². The molecule has 2 fully saturated rings. The zero-order valence-corrected chi connectivity index (χ0v) is 15.4. The SMILES string of the molecule is O=C1SC(=Cc2ccc(O)c(C(F)(F)F)c2)C(=O)N1CC1CCCCCC1. The Kier molecular flexibility index (Phi) is 5.83. The monoisotopic (exact) mass is 399 g/mol. The summed E-state index contributed by atoms with van der Waals surface area (Å²) in [7, 11) is 0. The fourth-order valence-electron chi connectivity index (χ4n) is 3.48. The van der Waals surface area contributed by atoms with Gasteiger partial charge >= 0.3 is 6.18 Å². The normalized spacial score (nSPS) is 21.1. The van der Waals surface area contributed by atoms with Crippen molar-refractivity contribution in [2.24, 2.45) is 5.92 Å². The van der Waals surface area contributed by atoms with Gasteiger partial charge in [-0.05, 0) is 54.3 Å². The van der Waals surface area contributed by atoms with E-state index in [9.17, 15) is 27.9 Å². The molecular formula is C19H20F3NO3S. The van der Waals surface area contributed by atoms with Gasteiger partial charge in [-0.1, -0.05) is 31.7 Å². The summed E-state index contributed by atoms with van der Waals surface area (Å²) >= 11 is 0.743. The third-order valence-electron chi connectivity index (χ3n) is 4.91. The number of halogens is 3. The number of amides is 2. The number of benzene rings is 1. The third kappa shape index (κ3) is 4.66. The van der Waals surface area contributed by atoms with Gasteiger partial charge in [0.25, 0.3) is 11.1 Å². The summed E-state index contributed by atoms with van der Waals surface area (Å²) in [6, 6.07) is 2.99. The molecule has 4 nitrogen and oxygen atoms in total. The number of carbonyl (C=O) groups excluding carboxylic acids is 2. The first-order valence-electron chi connectivity index (χ1n) is 8.91. The molecule has 1 aromatic carbocycles. The van der Waals surface area contributed by atoms with E-state index < -0.39 is 23.4 Å². The molecule has 1 saturated heterocycles. The maximum Gasteiger partial charge on any atom is 0.419 e. The van der Waals surface area contributed by atoms with Crippen LogP contribution in [0.5, 0.6) is 5.75 Å². The van der Waals surface area contributed by atoms with Crippen molar-refractivity contribution >= 4 is 29.0 Å². The van der Waals surface area contributed by atoms with Crippen molar-refractivity contribution < 1.29 is 27.9 Å². The van der Waals surface area contributed by atoms with E-state index in [4.69, 9.17) is 0 Å². The van der Waals surface area contributed by atoms with Crippen molar-refractivity contribution in [2.75, 3.05) is 6.54 Å². The minimum atomic E-state index is -4.70. The van der Waals surface area contributed by atoms with Crippen LogP contribution in [0.2, 0.25) is 0 Å². The van der Waals surface area contributed by atoms with Gasteiger partial charge in [-0.15, -0.1) is 0 Å². The Labute approximate surface area is 159 Å². The Hall–Kier alpha value is -1.96. The van der Waals surface area contributed by atoms with Crippen LogP contribution in [0.15, 0.2) is 23.1 Å². The second kappa shape index (κ2) is 7.96. The van der Waals surface area contributed by atoms with Gasteiger partial charge in [0, 0.05) is 6.54 Å². The van der Waals surface area contributed by atoms with Gasteiger partial charge in [0.05, 0.1) is 10.5 Å². The number of imide groups is 1. The Morgan fingerprint density at radius 1 is 1.15 bits per heavy atom. The van der Waals surface area contributed by atoms with Crippen LogP contribution in [-0.4, -0.2) is 27.7 Å². The molecule has 2 amide bonds. The van der Waals surface area contributed by atoms with Gasteiger partial charge in [0.1, 0.15) is 5.75 Å². The summed E-state index contributed by atoms with van der Waals surface area (Å²) in [5.74, 6) is -1.05. The lowest BCUT2D eigenvalue weighted by Gasteiger charge is -2.20. The van der Waals surface area contributed by atoms with Gasteiger partial charge in [0.15, 0.2) is 0 Å². The lowest BCUT2D eigenvalue weighted by atomic mass is 10.00. The highest BCUT2D eigenvalue weighted by Gasteiger charge is 2.37. The molecule has 2 aliphatic rings. The topological polar surface area (TPSA) is 57.6 Å². The quantitative estimate of drug-likeness (QED) is 0.545. The number of carbonyl (C=O) groups is 2. The third-order valence-corrected chi connectivity index (χ3v) is 5.82. The standard InChI is InChI=1S/C19H20F3NO3S/c20-19(21,22)14-9-13(7-8-15(14)24)10-16-17(25)23(18(26)27-16)11-12-5-3-1-2-4-6-12/h7-10,12,24H,1-6,11H2. The molecule has 0 atom stereocenters. The lowest BCUT2D eigenvalue weighted by Crippen LogP contribution is -2.33. The van der Waals surface area contributed by atoms with E-state index in [0.717, 1.165) is 49.6 Å². The summed E-state index contributed by atoms with van der Waals surface area (Å²) in [5, 5.41) is 9.01. The van der Waals surface area contributed by atoms with E-state index in [1.54, 1.807) is 0 Å². The van der Waals surface area contributed by atoms with Crippen LogP contribution < -0.4 is 0 Å².